The number of hydrogen-bond acceptors (Lipinski definition) is 2. The van der Waals surface area contributed by atoms with E-state index in [2.05, 4.69) is 0 Å². The lowest BCUT2D eigenvalue weighted by atomic mass is 10.0. The summed E-state index contributed by atoms with van der Waals surface area (Å²) in [6, 6.07) is 6.65. The quantitative estimate of drug-likeness (QED) is 0.642. The molecule has 1 aliphatic heterocycles. The van der Waals surface area contributed by atoms with E-state index in [1.54, 1.807) is 24.3 Å². The van der Waals surface area contributed by atoms with Crippen LogP contribution in [0, 0.1) is 0 Å². The molecule has 0 spiro atoms. The Kier molecular flexibility index (Phi) is 2.91. The van der Waals surface area contributed by atoms with E-state index in [1.165, 1.54) is 0 Å². The number of hydrogen-bond donors (Lipinski definition) is 1. The van der Waals surface area contributed by atoms with E-state index in [0.29, 0.717) is 11.3 Å². The summed E-state index contributed by atoms with van der Waals surface area (Å²) in [6.07, 6.45) is -0.194. The maximum Gasteiger partial charge on any atom is 0.232 e. The summed E-state index contributed by atoms with van der Waals surface area (Å²) in [5.74, 6) is -0.673. The smallest absolute Gasteiger partial charge is 0.232 e. The monoisotopic (exact) mass is 193 g/mol. The Morgan fingerprint density at radius 3 is 2.64 bits per heavy atom. The van der Waals surface area contributed by atoms with Crippen LogP contribution in [0.5, 0.6) is 0 Å². The first-order valence-corrected chi connectivity index (χ1v) is 4.64. The van der Waals surface area contributed by atoms with Gasteiger partial charge in [-0.1, -0.05) is 26.0 Å². The summed E-state index contributed by atoms with van der Waals surface area (Å²) in [6.45, 7) is 4.00. The predicted octanol–water partition coefficient (Wildman–Crippen LogP) is 2.24. The number of nitrogens with one attached hydrogen (secondary N) is 1. The number of para-hydroxylation sites is 1. The third-order valence-electron chi connectivity index (χ3n) is 1.76. The molecule has 0 saturated carbocycles. The maximum atomic E-state index is 11.3. The van der Waals surface area contributed by atoms with Crippen LogP contribution in [0.4, 0.5) is 5.69 Å². The van der Waals surface area contributed by atoms with Crippen LogP contribution in [0.3, 0.4) is 0 Å². The molecular formula is C11H13NO2. The first kappa shape index (κ1) is 8.94. The Labute approximate surface area is 84.6 Å². The molecule has 0 aliphatic carbocycles. The number of fused-ring (bicyclic) bond motifs is 1. The lowest BCUT2D eigenvalue weighted by Gasteiger charge is -2.14. The Balaban J connectivity index is 0.000000531. The van der Waals surface area contributed by atoms with Crippen molar-refractivity contribution in [2.75, 3.05) is 5.31 Å². The Morgan fingerprint density at radius 2 is 1.93 bits per heavy atom. The van der Waals surface area contributed by atoms with E-state index in [0.717, 1.165) is 5.31 Å². The van der Waals surface area contributed by atoms with Gasteiger partial charge in [0, 0.05) is 5.56 Å². The lowest BCUT2D eigenvalue weighted by Crippen LogP contribution is -2.23. The SMILES string of the molecule is CC.[3H]N1C(=O)CC(=O)c2ccccc21. The highest BCUT2D eigenvalue weighted by Gasteiger charge is 2.21. The van der Waals surface area contributed by atoms with E-state index < -0.39 is 5.91 Å². The highest BCUT2D eigenvalue weighted by Crippen LogP contribution is 2.21. The van der Waals surface area contributed by atoms with Crippen molar-refractivity contribution in [3.63, 3.8) is 0 Å². The van der Waals surface area contributed by atoms with Crippen LogP contribution in [0.25, 0.3) is 0 Å². The van der Waals surface area contributed by atoms with Gasteiger partial charge in [0.2, 0.25) is 5.91 Å². The minimum Gasteiger partial charge on any atom is -0.325 e. The molecule has 0 bridgehead atoms. The Bertz CT molecular complexity index is 390. The van der Waals surface area contributed by atoms with Crippen LogP contribution in [0.15, 0.2) is 24.3 Å². The van der Waals surface area contributed by atoms with E-state index in [9.17, 15) is 9.59 Å². The fourth-order valence-electron chi connectivity index (χ4n) is 1.21. The molecule has 1 N–H and O–H groups in total. The second-order valence-corrected chi connectivity index (χ2v) is 2.62. The number of amides is 1. The molecule has 0 saturated heterocycles. The zero-order valence-electron chi connectivity index (χ0n) is 9.28. The van der Waals surface area contributed by atoms with Crippen molar-refractivity contribution in [2.24, 2.45) is 0 Å². The molecular weight excluding hydrogens is 178 g/mol. The molecule has 3 nitrogen and oxygen atoms in total. The van der Waals surface area contributed by atoms with Crippen molar-refractivity contribution in [3.8, 4) is 0 Å². The normalized spacial score (nSPS) is 15.3. The van der Waals surface area contributed by atoms with Crippen molar-refractivity contribution >= 4 is 17.4 Å². The van der Waals surface area contributed by atoms with Crippen LogP contribution in [-0.4, -0.2) is 11.7 Å². The van der Waals surface area contributed by atoms with Crippen LogP contribution >= 0.6 is 0 Å². The molecule has 1 aliphatic rings. The topological polar surface area (TPSA) is 46.2 Å². The number of anilines is 1. The highest BCUT2D eigenvalue weighted by molar-refractivity contribution is 6.18. The van der Waals surface area contributed by atoms with Crippen LogP contribution in [0.2, 0.25) is 1.41 Å². The van der Waals surface area contributed by atoms with E-state index in [-0.39, 0.29) is 12.2 Å². The summed E-state index contributed by atoms with van der Waals surface area (Å²) < 4.78 is 7.38. The molecule has 0 fully saturated rings. The summed E-state index contributed by atoms with van der Waals surface area (Å²) in [5.41, 5.74) is 0.834. The number of carbonyl (C=O) groups is 2. The van der Waals surface area contributed by atoms with Crippen molar-refractivity contribution in [3.05, 3.63) is 29.8 Å². The first-order chi connectivity index (χ1) is 7.20. The zero-order chi connectivity index (χ0) is 11.4. The minimum absolute atomic E-state index is 0.194. The second-order valence-electron chi connectivity index (χ2n) is 2.62. The highest BCUT2D eigenvalue weighted by atomic mass is 16.2. The van der Waals surface area contributed by atoms with Crippen LogP contribution < -0.4 is 5.31 Å². The largest absolute Gasteiger partial charge is 0.325 e. The molecule has 1 aromatic rings. The number of carbonyl (C=O) groups excluding carboxylic acids is 2. The van der Waals surface area contributed by atoms with Crippen molar-refractivity contribution in [1.82, 2.24) is 0 Å². The van der Waals surface area contributed by atoms with Gasteiger partial charge in [-0.15, -0.1) is 0 Å². The van der Waals surface area contributed by atoms with Crippen LogP contribution in [0.1, 0.15) is 30.6 Å². The van der Waals surface area contributed by atoms with E-state index >= 15 is 0 Å². The summed E-state index contributed by atoms with van der Waals surface area (Å²) in [5, 5.41) is 0.775. The van der Waals surface area contributed by atoms with Gasteiger partial charge in [-0.05, 0) is 12.1 Å². The molecule has 0 aromatic heterocycles. The molecule has 1 heterocycles. The number of benzene rings is 1. The average molecular weight is 193 g/mol. The van der Waals surface area contributed by atoms with Gasteiger partial charge < -0.3 is 5.31 Å². The lowest BCUT2D eigenvalue weighted by molar-refractivity contribution is -0.115. The van der Waals surface area contributed by atoms with Gasteiger partial charge in [-0.25, -0.2) is 0 Å². The van der Waals surface area contributed by atoms with Gasteiger partial charge in [-0.2, -0.15) is 0 Å². The fraction of sp³-hybridized carbons (Fsp3) is 0.273. The molecule has 0 unspecified atom stereocenters. The van der Waals surface area contributed by atoms with E-state index in [1.807, 2.05) is 13.8 Å². The minimum atomic E-state index is -0.469. The summed E-state index contributed by atoms with van der Waals surface area (Å²) in [4.78, 5) is 22.4. The van der Waals surface area contributed by atoms with E-state index in [4.69, 9.17) is 1.41 Å². The Hall–Kier alpha value is -1.64. The molecule has 14 heavy (non-hydrogen) atoms. The zero-order valence-corrected chi connectivity index (χ0v) is 8.28. The maximum absolute atomic E-state index is 11.3. The summed E-state index contributed by atoms with van der Waals surface area (Å²) >= 11 is 0. The average Bonchev–Trinajstić information content (AvgIpc) is 2.29. The number of Topliss-reactive ketones (excluding diaryl/α,β-unsaturated/α-hetero) is 1. The molecule has 74 valence electrons. The molecule has 0 atom stereocenters. The fourth-order valence-corrected chi connectivity index (χ4v) is 1.21. The molecule has 2 rings (SSSR count). The van der Waals surface area contributed by atoms with Gasteiger partial charge >= 0.3 is 0 Å². The van der Waals surface area contributed by atoms with Gasteiger partial charge in [0.25, 0.3) is 0 Å². The first-order valence-electron chi connectivity index (χ1n) is 5.09. The Morgan fingerprint density at radius 1 is 1.29 bits per heavy atom. The molecule has 1 amide bonds. The number of rotatable bonds is 0. The third-order valence-corrected chi connectivity index (χ3v) is 1.76. The molecule has 3 heteroatoms. The van der Waals surface area contributed by atoms with Gasteiger partial charge in [0.1, 0.15) is 0 Å². The second kappa shape index (κ2) is 4.56. The van der Waals surface area contributed by atoms with Crippen molar-refractivity contribution < 1.29 is 11.0 Å². The number of ketones is 1. The standard InChI is InChI=1S/C9H7NO2.C2H6/c11-8-5-9(12)10-7-4-2-1-3-6(7)8;1-2/h1-4H,5H2,(H,10,12);1-2H3/i/hT. The molecule has 1 aromatic carbocycles. The molecule has 0 radical (unpaired) electrons. The van der Waals surface area contributed by atoms with Crippen molar-refractivity contribution in [1.29, 1.82) is 0 Å². The van der Waals surface area contributed by atoms with Gasteiger partial charge in [-0.3, -0.25) is 9.59 Å². The van der Waals surface area contributed by atoms with Crippen LogP contribution in [-0.2, 0) is 4.79 Å². The van der Waals surface area contributed by atoms with Crippen molar-refractivity contribution in [2.45, 2.75) is 20.3 Å². The van der Waals surface area contributed by atoms with Gasteiger partial charge in [0.05, 0.1) is 12.1 Å². The third kappa shape index (κ3) is 1.99. The van der Waals surface area contributed by atoms with Gasteiger partial charge in [0.15, 0.2) is 7.20 Å². The summed E-state index contributed by atoms with van der Waals surface area (Å²) in [7, 11) is 0. The predicted molar refractivity (Wildman–Crippen MR) is 55.4 cm³/mol.